The zero-order valence-electron chi connectivity index (χ0n) is 65.3. The first kappa shape index (κ1) is 103. The van der Waals surface area contributed by atoms with Gasteiger partial charge in [-0.1, -0.05) is 66.5 Å². The van der Waals surface area contributed by atoms with Gasteiger partial charge in [-0.2, -0.15) is 0 Å². The van der Waals surface area contributed by atoms with Crippen molar-refractivity contribution in [3.8, 4) is 0 Å². The van der Waals surface area contributed by atoms with Gasteiger partial charge in [0.15, 0.2) is 0 Å². The van der Waals surface area contributed by atoms with Crippen molar-refractivity contribution < 1.29 is 126 Å². The van der Waals surface area contributed by atoms with E-state index < -0.39 is 24.1 Å². The molecular formula is C72H128N12O26. The topological polar surface area (TPSA) is 503 Å². The monoisotopic (exact) mass is 1580 g/mol. The molecule has 0 heterocycles. The lowest BCUT2D eigenvalue weighted by atomic mass is 10.2. The second kappa shape index (κ2) is 71.3. The van der Waals surface area contributed by atoms with Gasteiger partial charge in [-0.15, -0.1) is 0 Å². The molecule has 0 aliphatic heterocycles. The van der Waals surface area contributed by atoms with Crippen LogP contribution in [0.15, 0.2) is 24.7 Å². The van der Waals surface area contributed by atoms with E-state index >= 15 is 0 Å². The first-order chi connectivity index (χ1) is 52.8. The van der Waals surface area contributed by atoms with Crippen molar-refractivity contribution in [3.63, 3.8) is 0 Å². The van der Waals surface area contributed by atoms with E-state index in [1.807, 2.05) is 27.7 Å². The lowest BCUT2D eigenvalue weighted by molar-refractivity contribution is -0.205. The number of nitrogens with zero attached hydrogens (tertiary/aromatic N) is 4. The maximum Gasteiger partial charge on any atom is 0.409 e. The number of aliphatic carboxylic acids is 2. The number of rotatable bonds is 68. The standard InChI is InChI=1S/C54H92N10O21.C18H36N2O5/c1-41(84-79)39-49(71)57-25-13-5-9-17-45(67)61-29-33-64(34-30-62-46(68)18-10-6-14-26-58-50(72)40-42(2)85-80)54(78)83-38-36-81-35-37-82-53(77)63(31-27-59-43(65)15-7-3-11-23-55-47(69)19-21-51(73)74)32-28-60-44(66)16-8-4-12-24-56-48(70)20-22-52(75)76;1-5-9-19(10-6-2)17(21)24-15-13-23-14-16-25-18(22)20(11-7-3)12-8-4/h79-80H,1-40H2,(H,55,69)(H,56,70)(H,57,71)(H,58,72)(H,59,65)(H,60,66)(H,61,67)(H,62,68)(H,73,74)(H,75,76);5-16H2,1-4H3. The summed E-state index contributed by atoms with van der Waals surface area (Å²) < 4.78 is 32.1. The van der Waals surface area contributed by atoms with Crippen LogP contribution in [0.3, 0.4) is 0 Å². The highest BCUT2D eigenvalue weighted by atomic mass is 17.1. The van der Waals surface area contributed by atoms with Crippen molar-refractivity contribution in [1.82, 2.24) is 62.1 Å². The second-order valence-electron chi connectivity index (χ2n) is 25.1. The summed E-state index contributed by atoms with van der Waals surface area (Å²) in [6, 6.07) is 0. The normalized spacial score (nSPS) is 10.5. The van der Waals surface area contributed by atoms with E-state index in [4.69, 9.17) is 49.1 Å². The van der Waals surface area contributed by atoms with Gasteiger partial charge in [0.05, 0.1) is 52.1 Å². The third kappa shape index (κ3) is 64.7. The number of carbonyl (C=O) groups excluding carboxylic acids is 12. The van der Waals surface area contributed by atoms with Crippen LogP contribution in [-0.4, -0.2) is 281 Å². The number of amides is 12. The zero-order chi connectivity index (χ0) is 82.2. The predicted molar refractivity (Wildman–Crippen MR) is 401 cm³/mol. The molecule has 0 radical (unpaired) electrons. The summed E-state index contributed by atoms with van der Waals surface area (Å²) in [5.41, 5.74) is 0. The summed E-state index contributed by atoms with van der Waals surface area (Å²) in [5.74, 6) is -4.88. The molecule has 12 N–H and O–H groups in total. The Morgan fingerprint density at radius 1 is 0.273 bits per heavy atom. The number of carboxylic acids is 2. The average Bonchev–Trinajstić information content (AvgIpc) is 1.23. The molecule has 0 aromatic carbocycles. The van der Waals surface area contributed by atoms with Crippen molar-refractivity contribution in [2.45, 2.75) is 195 Å². The smallest absolute Gasteiger partial charge is 0.409 e. The number of ether oxygens (including phenoxy) is 6. The van der Waals surface area contributed by atoms with Crippen LogP contribution in [0, 0.1) is 0 Å². The third-order valence-electron chi connectivity index (χ3n) is 15.4. The number of unbranched alkanes of at least 4 members (excludes halogenated alkanes) is 8. The predicted octanol–water partition coefficient (Wildman–Crippen LogP) is 5.09. The molecule has 0 aliphatic carbocycles. The van der Waals surface area contributed by atoms with Gasteiger partial charge in [0, 0.05) is 143 Å². The minimum atomic E-state index is -1.07. The molecule has 0 spiro atoms. The van der Waals surface area contributed by atoms with Crippen molar-refractivity contribution in [3.05, 3.63) is 24.7 Å². The molecule has 632 valence electrons. The fourth-order valence-corrected chi connectivity index (χ4v) is 9.68. The quantitative estimate of drug-likeness (QED) is 0.0124. The minimum Gasteiger partial charge on any atom is -0.481 e. The maximum absolute atomic E-state index is 13.2. The Bertz CT molecular complexity index is 2500. The Labute approximate surface area is 646 Å². The molecule has 110 heavy (non-hydrogen) atoms. The van der Waals surface area contributed by atoms with Crippen molar-refractivity contribution in [1.29, 1.82) is 0 Å². The molecule has 12 amide bonds. The highest BCUT2D eigenvalue weighted by Gasteiger charge is 2.20. The molecule has 0 saturated carbocycles. The Balaban J connectivity index is 0. The van der Waals surface area contributed by atoms with Crippen LogP contribution in [-0.2, 0) is 86.1 Å². The minimum absolute atomic E-state index is 0.0240. The largest absolute Gasteiger partial charge is 0.481 e. The van der Waals surface area contributed by atoms with E-state index in [-0.39, 0.29) is 227 Å². The van der Waals surface area contributed by atoms with Crippen LogP contribution in [0.1, 0.15) is 195 Å². The highest BCUT2D eigenvalue weighted by Crippen LogP contribution is 2.08. The fourth-order valence-electron chi connectivity index (χ4n) is 9.68. The molecule has 0 bridgehead atoms. The van der Waals surface area contributed by atoms with Crippen LogP contribution in [0.2, 0.25) is 0 Å². The number of nitrogens with one attached hydrogen (secondary N) is 8. The van der Waals surface area contributed by atoms with E-state index in [0.717, 1.165) is 25.7 Å². The third-order valence-corrected chi connectivity index (χ3v) is 15.4. The summed E-state index contributed by atoms with van der Waals surface area (Å²) in [6.07, 6.45) is 8.08. The number of hydrogen-bond acceptors (Lipinski definition) is 24. The van der Waals surface area contributed by atoms with Crippen LogP contribution < -0.4 is 42.5 Å². The number of carbonyl (C=O) groups is 14. The molecule has 0 aromatic rings. The second-order valence-corrected chi connectivity index (χ2v) is 25.1. The summed E-state index contributed by atoms with van der Waals surface area (Å²) in [5, 5.41) is 56.1. The summed E-state index contributed by atoms with van der Waals surface area (Å²) in [4.78, 5) is 183. The lowest BCUT2D eigenvalue weighted by Gasteiger charge is -2.23. The van der Waals surface area contributed by atoms with Gasteiger partial charge in [-0.05, 0) is 77.0 Å². The molecular weight excluding hydrogens is 1450 g/mol. The molecule has 0 saturated heterocycles. The summed E-state index contributed by atoms with van der Waals surface area (Å²) in [6.45, 7) is 19.8. The van der Waals surface area contributed by atoms with Gasteiger partial charge in [-0.25, -0.2) is 29.7 Å². The zero-order valence-corrected chi connectivity index (χ0v) is 65.3. The first-order valence-electron chi connectivity index (χ1n) is 38.2. The van der Waals surface area contributed by atoms with Crippen molar-refractivity contribution >= 4 is 83.6 Å². The Hall–Kier alpha value is -9.30. The maximum atomic E-state index is 13.2. The van der Waals surface area contributed by atoms with E-state index in [0.29, 0.717) is 143 Å². The lowest BCUT2D eigenvalue weighted by Crippen LogP contribution is -2.43. The van der Waals surface area contributed by atoms with Gasteiger partial charge in [0.2, 0.25) is 47.3 Å². The molecule has 38 nitrogen and oxygen atoms in total. The van der Waals surface area contributed by atoms with Gasteiger partial charge < -0.3 is 111 Å². The number of hydrogen-bond donors (Lipinski definition) is 12. The van der Waals surface area contributed by atoms with E-state index in [1.165, 1.54) is 9.80 Å². The number of carboxylic acid groups (broad SMARTS) is 2. The highest BCUT2D eigenvalue weighted by molar-refractivity contribution is 5.82. The van der Waals surface area contributed by atoms with Crippen molar-refractivity contribution in [2.75, 3.05) is 158 Å². The van der Waals surface area contributed by atoms with Gasteiger partial charge >= 0.3 is 36.3 Å². The molecule has 0 fully saturated rings. The Morgan fingerprint density at radius 2 is 0.491 bits per heavy atom. The Morgan fingerprint density at radius 3 is 0.718 bits per heavy atom. The average molecular weight is 1580 g/mol. The SMILES string of the molecule is C=C(CC(=O)NCCCCCC(=O)NCCN(CCNC(=O)CCCCCNC(=O)CC(=C)OO)C(=O)OCCOCCOC(=O)N(CCNC(=O)CCCCCNC(=O)CCC(=O)O)CCNC(=O)CCCCCNC(=O)CCC(=O)O)OO.CCCN(CCC)C(=O)OCCOCCOC(=O)N(CCC)CCC. The van der Waals surface area contributed by atoms with Gasteiger partial charge in [0.25, 0.3) is 0 Å². The van der Waals surface area contributed by atoms with E-state index in [2.05, 4.69) is 65.5 Å². The summed E-state index contributed by atoms with van der Waals surface area (Å²) in [7, 11) is 0. The van der Waals surface area contributed by atoms with E-state index in [9.17, 15) is 67.1 Å². The van der Waals surface area contributed by atoms with Crippen LogP contribution in [0.25, 0.3) is 0 Å². The van der Waals surface area contributed by atoms with E-state index in [1.54, 1.807) is 9.80 Å². The fraction of sp³-hybridized carbons (Fsp3) is 0.750. The summed E-state index contributed by atoms with van der Waals surface area (Å²) >= 11 is 0. The first-order valence-corrected chi connectivity index (χ1v) is 38.2. The molecule has 38 heteroatoms. The molecule has 0 aromatic heterocycles. The van der Waals surface area contributed by atoms with Crippen LogP contribution >= 0.6 is 0 Å². The molecule has 0 unspecified atom stereocenters. The van der Waals surface area contributed by atoms with Crippen LogP contribution in [0.5, 0.6) is 0 Å². The van der Waals surface area contributed by atoms with Crippen LogP contribution in [0.4, 0.5) is 19.2 Å². The molecule has 0 aliphatic rings. The molecule has 0 atom stereocenters. The van der Waals surface area contributed by atoms with Gasteiger partial charge in [-0.3, -0.25) is 47.9 Å². The molecule has 0 rings (SSSR count). The van der Waals surface area contributed by atoms with Crippen molar-refractivity contribution in [2.24, 2.45) is 0 Å². The Kier molecular flexibility index (Phi) is 66.6. The van der Waals surface area contributed by atoms with Gasteiger partial charge in [0.1, 0.15) is 37.9 Å².